The molecule has 8 nitrogen and oxygen atoms in total. The van der Waals surface area contributed by atoms with Gasteiger partial charge in [0.1, 0.15) is 11.5 Å². The molecule has 0 spiro atoms. The monoisotopic (exact) mass is 653 g/mol. The SMILES string of the molecule is CC(=O)[O-].CC(=O)[O-].CCc1cc(CC(C)C)cc(C=NC2CCC(N=Cc3cc(CC(C)C)cc(CC)c3O)C2)c1O.[Co+2]. The van der Waals surface area contributed by atoms with Gasteiger partial charge in [-0.05, 0) is 105 Å². The molecule has 9 heteroatoms. The maximum absolute atomic E-state index is 10.7. The van der Waals surface area contributed by atoms with E-state index in [4.69, 9.17) is 29.8 Å². The average Bonchev–Trinajstić information content (AvgIpc) is 3.35. The number of phenols is 2. The fourth-order valence-corrected chi connectivity index (χ4v) is 5.07. The molecule has 0 aliphatic heterocycles. The number of aliphatic imine (C=N–C) groups is 2. The first-order valence-corrected chi connectivity index (χ1v) is 15.3. The zero-order valence-electron chi connectivity index (χ0n) is 27.5. The maximum Gasteiger partial charge on any atom is 2.00 e. The van der Waals surface area contributed by atoms with Crippen LogP contribution in [0.15, 0.2) is 34.3 Å². The summed E-state index contributed by atoms with van der Waals surface area (Å²) in [5.74, 6) is -0.303. The molecule has 3 rings (SSSR count). The van der Waals surface area contributed by atoms with Gasteiger partial charge in [-0.1, -0.05) is 53.7 Å². The Balaban J connectivity index is 0.00000183. The third-order valence-corrected chi connectivity index (χ3v) is 6.83. The molecule has 0 bridgehead atoms. The molecule has 1 radical (unpaired) electrons. The van der Waals surface area contributed by atoms with Crippen LogP contribution in [0.3, 0.4) is 0 Å². The number of hydrogen-bond acceptors (Lipinski definition) is 8. The molecule has 1 fully saturated rings. The van der Waals surface area contributed by atoms with E-state index in [1.165, 1.54) is 11.1 Å². The molecule has 2 aromatic rings. The fraction of sp³-hybridized carbons (Fsp3) is 0.543. The van der Waals surface area contributed by atoms with E-state index in [9.17, 15) is 10.2 Å². The molecule has 1 saturated carbocycles. The van der Waals surface area contributed by atoms with Gasteiger partial charge in [0.2, 0.25) is 0 Å². The summed E-state index contributed by atoms with van der Waals surface area (Å²) >= 11 is 0. The van der Waals surface area contributed by atoms with E-state index in [1.807, 2.05) is 12.4 Å². The van der Waals surface area contributed by atoms with Crippen LogP contribution in [-0.2, 0) is 52.1 Å². The van der Waals surface area contributed by atoms with Crippen molar-refractivity contribution in [3.8, 4) is 11.5 Å². The Kier molecular flexibility index (Phi) is 19.2. The van der Waals surface area contributed by atoms with Gasteiger partial charge in [-0.2, -0.15) is 0 Å². The van der Waals surface area contributed by atoms with Crippen LogP contribution in [0.5, 0.6) is 11.5 Å². The molecule has 1 aliphatic carbocycles. The number of aliphatic carboxylic acids is 2. The summed E-state index contributed by atoms with van der Waals surface area (Å²) in [6.07, 6.45) is 10.2. The molecular formula is C35H50CoN2O6. The van der Waals surface area contributed by atoms with Gasteiger partial charge < -0.3 is 30.0 Å². The van der Waals surface area contributed by atoms with Gasteiger partial charge in [0.05, 0.1) is 12.1 Å². The Labute approximate surface area is 273 Å². The number of carbonyl (C=O) groups excluding carboxylic acids is 2. The topological polar surface area (TPSA) is 145 Å². The quantitative estimate of drug-likeness (QED) is 0.359. The second-order valence-electron chi connectivity index (χ2n) is 11.9. The fourth-order valence-electron chi connectivity index (χ4n) is 5.07. The van der Waals surface area contributed by atoms with Crippen LogP contribution in [0.2, 0.25) is 0 Å². The van der Waals surface area contributed by atoms with Crippen molar-refractivity contribution in [3.63, 3.8) is 0 Å². The van der Waals surface area contributed by atoms with Gasteiger partial charge in [-0.25, -0.2) is 0 Å². The van der Waals surface area contributed by atoms with E-state index >= 15 is 0 Å². The third kappa shape index (κ3) is 15.5. The first-order valence-electron chi connectivity index (χ1n) is 15.3. The molecule has 0 saturated heterocycles. The molecule has 1 aliphatic rings. The number of carboxylic acids is 2. The van der Waals surface area contributed by atoms with Crippen molar-refractivity contribution in [3.05, 3.63) is 57.6 Å². The van der Waals surface area contributed by atoms with Gasteiger partial charge >= 0.3 is 16.8 Å². The van der Waals surface area contributed by atoms with E-state index in [-0.39, 0.29) is 28.9 Å². The maximum atomic E-state index is 10.7. The summed E-state index contributed by atoms with van der Waals surface area (Å²) in [6, 6.07) is 8.84. The van der Waals surface area contributed by atoms with E-state index in [0.717, 1.165) is 81.0 Å². The molecule has 44 heavy (non-hydrogen) atoms. The van der Waals surface area contributed by atoms with E-state index in [2.05, 4.69) is 65.8 Å². The Morgan fingerprint density at radius 1 is 0.773 bits per heavy atom. The predicted octanol–water partition coefficient (Wildman–Crippen LogP) is 4.59. The summed E-state index contributed by atoms with van der Waals surface area (Å²) in [5, 5.41) is 39.2. The minimum Gasteiger partial charge on any atom is -0.550 e. The molecular weight excluding hydrogens is 603 g/mol. The summed E-state index contributed by atoms with van der Waals surface area (Å²) in [5.41, 5.74) is 6.15. The molecule has 0 amide bonds. The molecule has 0 aromatic heterocycles. The molecule has 0 heterocycles. The van der Waals surface area contributed by atoms with Crippen molar-refractivity contribution >= 4 is 24.4 Å². The van der Waals surface area contributed by atoms with Gasteiger partial charge in [0.15, 0.2) is 0 Å². The Bertz CT molecular complexity index is 1150. The van der Waals surface area contributed by atoms with Crippen LogP contribution >= 0.6 is 0 Å². The largest absolute Gasteiger partial charge is 2.00 e. The van der Waals surface area contributed by atoms with Gasteiger partial charge in [-0.15, -0.1) is 0 Å². The van der Waals surface area contributed by atoms with E-state index in [1.54, 1.807) is 0 Å². The summed E-state index contributed by atoms with van der Waals surface area (Å²) in [4.78, 5) is 27.5. The van der Waals surface area contributed by atoms with Crippen molar-refractivity contribution in [2.75, 3.05) is 0 Å². The molecule has 2 atom stereocenters. The van der Waals surface area contributed by atoms with Gasteiger partial charge in [0.25, 0.3) is 0 Å². The van der Waals surface area contributed by atoms with Crippen LogP contribution in [0.1, 0.15) is 108 Å². The minimum atomic E-state index is -1.08. The molecule has 245 valence electrons. The van der Waals surface area contributed by atoms with Crippen molar-refractivity contribution < 1.29 is 46.8 Å². The van der Waals surface area contributed by atoms with Crippen LogP contribution in [0, 0.1) is 11.8 Å². The Morgan fingerprint density at radius 3 is 1.36 bits per heavy atom. The van der Waals surface area contributed by atoms with Crippen molar-refractivity contribution in [1.82, 2.24) is 0 Å². The number of rotatable bonds is 10. The molecule has 2 N–H and O–H groups in total. The third-order valence-electron chi connectivity index (χ3n) is 6.83. The van der Waals surface area contributed by atoms with Gasteiger partial charge in [-0.3, -0.25) is 9.98 Å². The summed E-state index contributed by atoms with van der Waals surface area (Å²) in [6.45, 7) is 15.0. The first kappa shape index (κ1) is 40.8. The number of benzene rings is 2. The van der Waals surface area contributed by atoms with Crippen LogP contribution < -0.4 is 10.2 Å². The van der Waals surface area contributed by atoms with Crippen LogP contribution in [-0.4, -0.2) is 46.7 Å². The molecule has 2 unspecified atom stereocenters. The van der Waals surface area contributed by atoms with Crippen molar-refractivity contribution in [1.29, 1.82) is 0 Å². The minimum absolute atomic E-state index is 0. The van der Waals surface area contributed by atoms with Crippen LogP contribution in [0.25, 0.3) is 0 Å². The first-order chi connectivity index (χ1) is 20.2. The zero-order chi connectivity index (χ0) is 32.7. The molecule has 2 aromatic carbocycles. The Morgan fingerprint density at radius 2 is 1.09 bits per heavy atom. The van der Waals surface area contributed by atoms with Crippen molar-refractivity contribution in [2.24, 2.45) is 21.8 Å². The summed E-state index contributed by atoms with van der Waals surface area (Å²) in [7, 11) is 0. The number of hydrogen-bond donors (Lipinski definition) is 2. The number of nitrogens with zero attached hydrogens (tertiary/aromatic N) is 2. The van der Waals surface area contributed by atoms with E-state index < -0.39 is 11.9 Å². The standard InChI is InChI=1S/C31H44N2O2.2C2H4O2.Co/c1-7-24-13-22(11-20(3)4)15-26(30(24)34)18-32-28-9-10-29(17-28)33-19-27-16-23(12-21(5)6)14-25(8-2)31(27)35;2*1-2(3)4;/h13-16,18-21,28-29,34-35H,7-12,17H2,1-6H3;2*1H3,(H,3,4);/q;;;+2/p-2. The zero-order valence-corrected chi connectivity index (χ0v) is 28.5. The normalized spacial score (nSPS) is 16.0. The number of carbonyl (C=O) groups is 2. The number of phenolic OH excluding ortho intramolecular Hbond substituents is 2. The number of carboxylic acid groups (broad SMARTS) is 2. The second-order valence-corrected chi connectivity index (χ2v) is 11.9. The van der Waals surface area contributed by atoms with Gasteiger partial charge in [0, 0.05) is 35.5 Å². The number of aromatic hydroxyl groups is 2. The van der Waals surface area contributed by atoms with Crippen LogP contribution in [0.4, 0.5) is 0 Å². The predicted molar refractivity (Wildman–Crippen MR) is 170 cm³/mol. The Hall–Kier alpha value is -3.17. The smallest absolute Gasteiger partial charge is 0.550 e. The van der Waals surface area contributed by atoms with E-state index in [0.29, 0.717) is 23.3 Å². The number of aryl methyl sites for hydroxylation is 2. The van der Waals surface area contributed by atoms with Crippen molar-refractivity contribution in [2.45, 2.75) is 112 Å². The average molecular weight is 654 g/mol. The second kappa shape index (κ2) is 20.7. The summed E-state index contributed by atoms with van der Waals surface area (Å²) < 4.78 is 0.